The summed E-state index contributed by atoms with van der Waals surface area (Å²) in [6.45, 7) is 0.759. The normalized spacial score (nSPS) is 15.2. The van der Waals surface area contributed by atoms with E-state index in [4.69, 9.17) is 36.4 Å². The molecule has 1 aliphatic heterocycles. The molecular formula is C28H37N3O12S. The molecule has 2 unspecified atom stereocenters. The lowest BCUT2D eigenvalue weighted by Crippen LogP contribution is -2.46. The van der Waals surface area contributed by atoms with Crippen LogP contribution in [0, 0.1) is 0 Å². The number of hydrogen-bond donors (Lipinski definition) is 8. The van der Waals surface area contributed by atoms with E-state index < -0.39 is 50.0 Å². The number of unbranched alkanes of at least 4 members (excludes halogenated alkanes) is 2. The van der Waals surface area contributed by atoms with Gasteiger partial charge in [-0.15, -0.1) is 0 Å². The monoisotopic (exact) mass is 639 g/mol. The van der Waals surface area contributed by atoms with Crippen molar-refractivity contribution < 1.29 is 57.4 Å². The Hall–Kier alpha value is -4.38. The van der Waals surface area contributed by atoms with Crippen molar-refractivity contribution in [1.29, 1.82) is 0 Å². The van der Waals surface area contributed by atoms with Gasteiger partial charge in [0.1, 0.15) is 4.90 Å². The summed E-state index contributed by atoms with van der Waals surface area (Å²) in [4.78, 5) is 52.4. The Bertz CT molecular complexity index is 1370. The standard InChI is InChI=1S/C12H25N3O.C8H6O7S.C8H6O4/c13-9-5-1-2-6-10(14)11-7-3-4-8-12(16)15-11;9-7(10)4-2-1-3-5(8(11)12)6(4)16(13,14)15;9-7(10)5-2-1-3-6(4-5)8(11)12/h10-11H,1-9,13-14H2,(H,15,16);1-3H,(H,9,10)(H,11,12)(H,13,14,15);1-4H,(H,9,10)(H,11,12). The Morgan fingerprint density at radius 3 is 1.82 bits per heavy atom. The van der Waals surface area contributed by atoms with Gasteiger partial charge in [-0.05, 0) is 62.6 Å². The molecule has 0 radical (unpaired) electrons. The van der Waals surface area contributed by atoms with Gasteiger partial charge in [-0.25, -0.2) is 19.2 Å². The van der Waals surface area contributed by atoms with E-state index in [1.54, 1.807) is 0 Å². The van der Waals surface area contributed by atoms with Crippen LogP contribution in [-0.2, 0) is 14.9 Å². The molecule has 1 amide bonds. The van der Waals surface area contributed by atoms with Crippen molar-refractivity contribution in [2.45, 2.75) is 68.3 Å². The lowest BCUT2D eigenvalue weighted by Gasteiger charge is -2.23. The van der Waals surface area contributed by atoms with Gasteiger partial charge in [-0.3, -0.25) is 9.35 Å². The smallest absolute Gasteiger partial charge is 0.337 e. The van der Waals surface area contributed by atoms with Gasteiger partial charge in [0.05, 0.1) is 22.3 Å². The number of nitrogens with two attached hydrogens (primary N) is 2. The third kappa shape index (κ3) is 12.9. The highest BCUT2D eigenvalue weighted by Gasteiger charge is 2.27. The molecule has 44 heavy (non-hydrogen) atoms. The van der Waals surface area contributed by atoms with Gasteiger partial charge in [0.2, 0.25) is 5.91 Å². The number of hydrogen-bond acceptors (Lipinski definition) is 9. The number of carboxylic acids is 4. The molecular weight excluding hydrogens is 602 g/mol. The molecule has 1 saturated heterocycles. The van der Waals surface area contributed by atoms with E-state index >= 15 is 0 Å². The average Bonchev–Trinajstić information content (AvgIpc) is 3.19. The SMILES string of the molecule is NCCCCCC(N)C1CCCCC(=O)N1.O=C(O)c1cccc(C(=O)O)c1.O=C(O)c1cccc(C(=O)O)c1S(=O)(=O)O. The molecule has 1 heterocycles. The molecule has 1 fully saturated rings. The van der Waals surface area contributed by atoms with Crippen LogP contribution < -0.4 is 16.8 Å². The summed E-state index contributed by atoms with van der Waals surface area (Å²) in [5.41, 5.74) is 9.94. The van der Waals surface area contributed by atoms with Crippen molar-refractivity contribution in [3.63, 3.8) is 0 Å². The first-order chi connectivity index (χ1) is 20.6. The summed E-state index contributed by atoms with van der Waals surface area (Å²) in [5.74, 6) is -5.37. The summed E-state index contributed by atoms with van der Waals surface area (Å²) in [7, 11) is -4.92. The number of benzene rings is 2. The molecule has 2 atom stereocenters. The fourth-order valence-corrected chi connectivity index (χ4v) is 5.03. The van der Waals surface area contributed by atoms with Crippen LogP contribution in [0.4, 0.5) is 0 Å². The molecule has 15 nitrogen and oxygen atoms in total. The van der Waals surface area contributed by atoms with Gasteiger partial charge >= 0.3 is 23.9 Å². The van der Waals surface area contributed by atoms with Gasteiger partial charge in [0.15, 0.2) is 0 Å². The molecule has 10 N–H and O–H groups in total. The van der Waals surface area contributed by atoms with Crippen molar-refractivity contribution in [2.75, 3.05) is 6.54 Å². The topological polar surface area (TPSA) is 285 Å². The van der Waals surface area contributed by atoms with Crippen LogP contribution in [0.5, 0.6) is 0 Å². The first kappa shape index (κ1) is 37.6. The van der Waals surface area contributed by atoms with E-state index in [9.17, 15) is 32.4 Å². The molecule has 0 aromatic heterocycles. The minimum atomic E-state index is -4.92. The minimum Gasteiger partial charge on any atom is -0.478 e. The maximum absolute atomic E-state index is 11.4. The number of rotatable bonds is 11. The summed E-state index contributed by atoms with van der Waals surface area (Å²) < 4.78 is 30.6. The Morgan fingerprint density at radius 1 is 0.841 bits per heavy atom. The van der Waals surface area contributed by atoms with E-state index in [1.807, 2.05) is 0 Å². The lowest BCUT2D eigenvalue weighted by molar-refractivity contribution is -0.121. The van der Waals surface area contributed by atoms with Gasteiger partial charge < -0.3 is 37.2 Å². The van der Waals surface area contributed by atoms with E-state index in [-0.39, 0.29) is 29.1 Å². The number of aromatic carboxylic acids is 4. The lowest BCUT2D eigenvalue weighted by atomic mass is 9.98. The highest BCUT2D eigenvalue weighted by atomic mass is 32.2. The Labute approximate surface area is 253 Å². The van der Waals surface area contributed by atoms with E-state index in [2.05, 4.69) is 5.32 Å². The zero-order valence-corrected chi connectivity index (χ0v) is 24.5. The molecule has 3 rings (SSSR count). The Kier molecular flexibility index (Phi) is 15.7. The van der Waals surface area contributed by atoms with Gasteiger partial charge in [-0.2, -0.15) is 8.42 Å². The summed E-state index contributed by atoms with van der Waals surface area (Å²) >= 11 is 0. The second-order valence-corrected chi connectivity index (χ2v) is 11.0. The highest BCUT2D eigenvalue weighted by Crippen LogP contribution is 2.21. The number of amides is 1. The van der Waals surface area contributed by atoms with Crippen LogP contribution >= 0.6 is 0 Å². The largest absolute Gasteiger partial charge is 0.478 e. The highest BCUT2D eigenvalue weighted by molar-refractivity contribution is 7.86. The first-order valence-corrected chi connectivity index (χ1v) is 14.9. The zero-order valence-electron chi connectivity index (χ0n) is 23.7. The molecule has 2 aromatic rings. The fraction of sp³-hybridized carbons (Fsp3) is 0.393. The summed E-state index contributed by atoms with van der Waals surface area (Å²) in [6.07, 6.45) is 8.13. The molecule has 0 bridgehead atoms. The maximum atomic E-state index is 11.4. The molecule has 0 saturated carbocycles. The number of nitrogens with one attached hydrogen (secondary N) is 1. The third-order valence-corrected chi connectivity index (χ3v) is 7.32. The summed E-state index contributed by atoms with van der Waals surface area (Å²) in [5, 5.41) is 37.4. The maximum Gasteiger partial charge on any atom is 0.337 e. The van der Waals surface area contributed by atoms with Gasteiger partial charge in [0, 0.05) is 18.5 Å². The van der Waals surface area contributed by atoms with Crippen LogP contribution in [-0.4, -0.2) is 81.8 Å². The van der Waals surface area contributed by atoms with E-state index in [1.165, 1.54) is 18.2 Å². The quantitative estimate of drug-likeness (QED) is 0.129. The second kappa shape index (κ2) is 18.3. The van der Waals surface area contributed by atoms with Gasteiger partial charge in [-0.1, -0.05) is 31.4 Å². The van der Waals surface area contributed by atoms with Crippen LogP contribution in [0.25, 0.3) is 0 Å². The Morgan fingerprint density at radius 2 is 1.36 bits per heavy atom. The van der Waals surface area contributed by atoms with Crippen LogP contribution in [0.1, 0.15) is 92.8 Å². The molecule has 1 aliphatic rings. The molecule has 242 valence electrons. The van der Waals surface area contributed by atoms with E-state index in [0.29, 0.717) is 6.42 Å². The van der Waals surface area contributed by atoms with Crippen molar-refractivity contribution in [2.24, 2.45) is 11.5 Å². The number of carbonyl (C=O) groups excluding carboxylic acids is 1. The molecule has 16 heteroatoms. The average molecular weight is 640 g/mol. The predicted molar refractivity (Wildman–Crippen MR) is 156 cm³/mol. The zero-order chi connectivity index (χ0) is 33.4. The Balaban J connectivity index is 0.000000334. The molecule has 2 aromatic carbocycles. The van der Waals surface area contributed by atoms with E-state index in [0.717, 1.165) is 75.8 Å². The minimum absolute atomic E-state index is 0.0186. The number of carbonyl (C=O) groups is 5. The van der Waals surface area contributed by atoms with Crippen molar-refractivity contribution in [3.8, 4) is 0 Å². The van der Waals surface area contributed by atoms with Crippen molar-refractivity contribution in [1.82, 2.24) is 5.32 Å². The number of carboxylic acid groups (broad SMARTS) is 4. The fourth-order valence-electron chi connectivity index (χ4n) is 4.16. The van der Waals surface area contributed by atoms with Crippen molar-refractivity contribution >= 4 is 39.9 Å². The van der Waals surface area contributed by atoms with Crippen LogP contribution in [0.2, 0.25) is 0 Å². The van der Waals surface area contributed by atoms with Crippen LogP contribution in [0.15, 0.2) is 47.4 Å². The molecule has 0 aliphatic carbocycles. The van der Waals surface area contributed by atoms with Crippen LogP contribution in [0.3, 0.4) is 0 Å². The van der Waals surface area contributed by atoms with Crippen molar-refractivity contribution in [3.05, 3.63) is 64.7 Å². The third-order valence-electron chi connectivity index (χ3n) is 6.36. The summed E-state index contributed by atoms with van der Waals surface area (Å²) in [6, 6.07) is 8.34. The van der Waals surface area contributed by atoms with Gasteiger partial charge in [0.25, 0.3) is 10.1 Å². The predicted octanol–water partition coefficient (Wildman–Crippen LogP) is 2.30. The molecule has 0 spiro atoms. The second-order valence-electron chi connectivity index (χ2n) is 9.68. The first-order valence-electron chi connectivity index (χ1n) is 13.5.